The van der Waals surface area contributed by atoms with Gasteiger partial charge in [-0.25, -0.2) is 0 Å². The van der Waals surface area contributed by atoms with E-state index in [1.807, 2.05) is 37.3 Å². The van der Waals surface area contributed by atoms with Crippen LogP contribution in [0.2, 0.25) is 0 Å². The highest BCUT2D eigenvalue weighted by Crippen LogP contribution is 2.25. The molecule has 4 nitrogen and oxygen atoms in total. The lowest BCUT2D eigenvalue weighted by Crippen LogP contribution is -2.39. The Hall–Kier alpha value is -1.81. The zero-order valence-electron chi connectivity index (χ0n) is 12.4. The number of fused-ring (bicyclic) bond motifs is 1. The number of carbonyl (C=O) groups is 1. The van der Waals surface area contributed by atoms with Gasteiger partial charge in [-0.1, -0.05) is 18.2 Å². The summed E-state index contributed by atoms with van der Waals surface area (Å²) >= 11 is 0. The Morgan fingerprint density at radius 3 is 3.10 bits per heavy atom. The molecular formula is C17H22N2O2. The van der Waals surface area contributed by atoms with Gasteiger partial charge in [0.2, 0.25) is 5.91 Å². The lowest BCUT2D eigenvalue weighted by Gasteiger charge is -2.23. The van der Waals surface area contributed by atoms with Crippen molar-refractivity contribution in [3.8, 4) is 0 Å². The molecule has 2 unspecified atom stereocenters. The quantitative estimate of drug-likeness (QED) is 0.908. The number of furan rings is 1. The number of para-hydroxylation sites is 1. The summed E-state index contributed by atoms with van der Waals surface area (Å²) in [6, 6.07) is 9.80. The van der Waals surface area contributed by atoms with E-state index in [1.165, 1.54) is 12.8 Å². The first-order chi connectivity index (χ1) is 10.2. The number of benzene rings is 1. The van der Waals surface area contributed by atoms with Crippen LogP contribution in [-0.2, 0) is 4.79 Å². The number of piperidine rings is 1. The summed E-state index contributed by atoms with van der Waals surface area (Å²) in [6.45, 7) is 4.74. The lowest BCUT2D eigenvalue weighted by atomic mass is 9.99. The van der Waals surface area contributed by atoms with Crippen LogP contribution in [0.25, 0.3) is 11.0 Å². The van der Waals surface area contributed by atoms with Crippen molar-refractivity contribution >= 4 is 16.9 Å². The Morgan fingerprint density at radius 1 is 1.48 bits per heavy atom. The van der Waals surface area contributed by atoms with E-state index in [0.717, 1.165) is 36.4 Å². The molecule has 1 aromatic heterocycles. The molecule has 0 bridgehead atoms. The maximum absolute atomic E-state index is 12.3. The highest BCUT2D eigenvalue weighted by Gasteiger charge is 2.21. The molecule has 21 heavy (non-hydrogen) atoms. The van der Waals surface area contributed by atoms with E-state index in [9.17, 15) is 4.79 Å². The predicted octanol–water partition coefficient (Wildman–Crippen LogP) is 2.65. The van der Waals surface area contributed by atoms with Gasteiger partial charge in [-0.15, -0.1) is 0 Å². The van der Waals surface area contributed by atoms with Gasteiger partial charge in [0.05, 0.1) is 5.92 Å². The fourth-order valence-electron chi connectivity index (χ4n) is 2.84. The van der Waals surface area contributed by atoms with Crippen LogP contribution < -0.4 is 10.6 Å². The van der Waals surface area contributed by atoms with Gasteiger partial charge in [0.1, 0.15) is 11.3 Å². The van der Waals surface area contributed by atoms with Crippen molar-refractivity contribution in [3.05, 3.63) is 36.1 Å². The molecule has 2 aromatic rings. The smallest absolute Gasteiger partial charge is 0.230 e. The molecule has 1 amide bonds. The number of hydrogen-bond acceptors (Lipinski definition) is 3. The zero-order chi connectivity index (χ0) is 14.7. The average Bonchev–Trinajstić information content (AvgIpc) is 2.97. The molecule has 0 saturated carbocycles. The minimum Gasteiger partial charge on any atom is -0.460 e. The summed E-state index contributed by atoms with van der Waals surface area (Å²) in [5, 5.41) is 7.47. The molecule has 2 heterocycles. The Bertz CT molecular complexity index is 581. The van der Waals surface area contributed by atoms with E-state index in [1.54, 1.807) is 0 Å². The molecule has 0 radical (unpaired) electrons. The van der Waals surface area contributed by atoms with Crippen LogP contribution in [0.5, 0.6) is 0 Å². The van der Waals surface area contributed by atoms with Crippen molar-refractivity contribution in [1.29, 1.82) is 0 Å². The van der Waals surface area contributed by atoms with Crippen LogP contribution in [0.4, 0.5) is 0 Å². The molecule has 0 aliphatic carbocycles. The number of hydrogen-bond donors (Lipinski definition) is 2. The largest absolute Gasteiger partial charge is 0.460 e. The van der Waals surface area contributed by atoms with Crippen LogP contribution >= 0.6 is 0 Å². The van der Waals surface area contributed by atoms with Crippen LogP contribution in [0, 0.1) is 5.92 Å². The first-order valence-corrected chi connectivity index (χ1v) is 7.71. The van der Waals surface area contributed by atoms with Gasteiger partial charge in [0.25, 0.3) is 0 Å². The molecule has 3 rings (SSSR count). The van der Waals surface area contributed by atoms with Crippen LogP contribution in [-0.4, -0.2) is 25.5 Å². The zero-order valence-corrected chi connectivity index (χ0v) is 12.4. The first kappa shape index (κ1) is 14.1. The maximum Gasteiger partial charge on any atom is 0.230 e. The Balaban J connectivity index is 1.60. The van der Waals surface area contributed by atoms with Crippen molar-refractivity contribution < 1.29 is 9.21 Å². The van der Waals surface area contributed by atoms with Crippen LogP contribution in [0.3, 0.4) is 0 Å². The molecule has 1 aliphatic heterocycles. The van der Waals surface area contributed by atoms with Crippen molar-refractivity contribution in [1.82, 2.24) is 10.6 Å². The molecule has 1 aromatic carbocycles. The average molecular weight is 286 g/mol. The third-order valence-corrected chi connectivity index (χ3v) is 4.23. The monoisotopic (exact) mass is 286 g/mol. The van der Waals surface area contributed by atoms with E-state index in [-0.39, 0.29) is 11.8 Å². The number of rotatable bonds is 4. The van der Waals surface area contributed by atoms with E-state index in [0.29, 0.717) is 5.92 Å². The Kier molecular flexibility index (Phi) is 4.25. The van der Waals surface area contributed by atoms with E-state index in [4.69, 9.17) is 4.42 Å². The summed E-state index contributed by atoms with van der Waals surface area (Å²) in [6.07, 6.45) is 2.38. The molecule has 2 N–H and O–H groups in total. The van der Waals surface area contributed by atoms with Crippen molar-refractivity contribution in [2.75, 3.05) is 19.6 Å². The molecule has 1 fully saturated rings. The normalized spacial score (nSPS) is 20.3. The molecule has 1 aliphatic rings. The summed E-state index contributed by atoms with van der Waals surface area (Å²) in [4.78, 5) is 12.3. The van der Waals surface area contributed by atoms with E-state index < -0.39 is 0 Å². The van der Waals surface area contributed by atoms with Crippen LogP contribution in [0.15, 0.2) is 34.7 Å². The molecular weight excluding hydrogens is 264 g/mol. The minimum atomic E-state index is -0.256. The Morgan fingerprint density at radius 2 is 2.33 bits per heavy atom. The summed E-state index contributed by atoms with van der Waals surface area (Å²) < 4.78 is 5.77. The summed E-state index contributed by atoms with van der Waals surface area (Å²) in [7, 11) is 0. The fraction of sp³-hybridized carbons (Fsp3) is 0.471. The topological polar surface area (TPSA) is 54.3 Å². The third-order valence-electron chi connectivity index (χ3n) is 4.23. The summed E-state index contributed by atoms with van der Waals surface area (Å²) in [5.41, 5.74) is 0.837. The molecule has 112 valence electrons. The highest BCUT2D eigenvalue weighted by atomic mass is 16.3. The van der Waals surface area contributed by atoms with Gasteiger partial charge in [-0.2, -0.15) is 0 Å². The second-order valence-electron chi connectivity index (χ2n) is 5.87. The minimum absolute atomic E-state index is 0.0413. The maximum atomic E-state index is 12.3. The van der Waals surface area contributed by atoms with Gasteiger partial charge in [0, 0.05) is 11.9 Å². The lowest BCUT2D eigenvalue weighted by molar-refractivity contribution is -0.122. The number of carbonyl (C=O) groups excluding carboxylic acids is 1. The van der Waals surface area contributed by atoms with E-state index in [2.05, 4.69) is 10.6 Å². The second-order valence-corrected chi connectivity index (χ2v) is 5.87. The number of nitrogens with one attached hydrogen (secondary N) is 2. The Labute approximate surface area is 124 Å². The summed E-state index contributed by atoms with van der Waals surface area (Å²) in [5.74, 6) is 1.06. The van der Waals surface area contributed by atoms with Gasteiger partial charge < -0.3 is 15.1 Å². The third kappa shape index (κ3) is 3.27. The molecule has 1 saturated heterocycles. The number of amides is 1. The standard InChI is InChI=1S/C17H22N2O2/c1-12(16-9-14-6-2-3-7-15(14)21-16)17(20)19-11-13-5-4-8-18-10-13/h2-3,6-7,9,12-13,18H,4-5,8,10-11H2,1H3,(H,19,20). The fourth-order valence-corrected chi connectivity index (χ4v) is 2.84. The second kappa shape index (κ2) is 6.31. The van der Waals surface area contributed by atoms with E-state index >= 15 is 0 Å². The molecule has 4 heteroatoms. The first-order valence-electron chi connectivity index (χ1n) is 7.71. The van der Waals surface area contributed by atoms with Gasteiger partial charge >= 0.3 is 0 Å². The van der Waals surface area contributed by atoms with Gasteiger partial charge in [-0.3, -0.25) is 4.79 Å². The SMILES string of the molecule is CC(C(=O)NCC1CCCNC1)c1cc2ccccc2o1. The molecule has 2 atom stereocenters. The van der Waals surface area contributed by atoms with Gasteiger partial charge in [0.15, 0.2) is 0 Å². The van der Waals surface area contributed by atoms with Crippen LogP contribution in [0.1, 0.15) is 31.4 Å². The van der Waals surface area contributed by atoms with Crippen molar-refractivity contribution in [3.63, 3.8) is 0 Å². The molecule has 0 spiro atoms. The van der Waals surface area contributed by atoms with Gasteiger partial charge in [-0.05, 0) is 50.9 Å². The highest BCUT2D eigenvalue weighted by molar-refractivity contribution is 5.85. The predicted molar refractivity (Wildman–Crippen MR) is 83.2 cm³/mol. The van der Waals surface area contributed by atoms with Crippen molar-refractivity contribution in [2.45, 2.75) is 25.7 Å². The van der Waals surface area contributed by atoms with Crippen molar-refractivity contribution in [2.24, 2.45) is 5.92 Å².